The first-order valence-corrected chi connectivity index (χ1v) is 9.39. The van der Waals surface area contributed by atoms with Crippen molar-refractivity contribution in [3.05, 3.63) is 40.5 Å². The number of hydrogen-bond acceptors (Lipinski definition) is 2. The predicted molar refractivity (Wildman–Crippen MR) is 115 cm³/mol. The zero-order valence-corrected chi connectivity index (χ0v) is 18.8. The van der Waals surface area contributed by atoms with Crippen LogP contribution >= 0.6 is 12.4 Å². The van der Waals surface area contributed by atoms with Crippen molar-refractivity contribution in [2.24, 2.45) is 5.92 Å². The van der Waals surface area contributed by atoms with Gasteiger partial charge in [-0.05, 0) is 60.0 Å². The Morgan fingerprint density at radius 1 is 0.962 bits per heavy atom. The van der Waals surface area contributed by atoms with Crippen molar-refractivity contribution in [2.75, 3.05) is 14.1 Å². The highest BCUT2D eigenvalue weighted by molar-refractivity contribution is 6.05. The average Bonchev–Trinajstić information content (AvgIpc) is 2.73. The van der Waals surface area contributed by atoms with E-state index in [0.717, 1.165) is 17.6 Å². The van der Waals surface area contributed by atoms with Gasteiger partial charge in [0, 0.05) is 5.57 Å². The van der Waals surface area contributed by atoms with Crippen LogP contribution in [0.2, 0.25) is 0 Å². The Morgan fingerprint density at radius 3 is 1.77 bits per heavy atom. The van der Waals surface area contributed by atoms with Crippen LogP contribution in [0.15, 0.2) is 23.8 Å². The fourth-order valence-electron chi connectivity index (χ4n) is 3.44. The smallest absolute Gasteiger partial charge is 0.176 e. The Bertz CT molecular complexity index is 657. The molecule has 0 radical (unpaired) electrons. The number of hydrogen-bond donors (Lipinski definition) is 0. The lowest BCUT2D eigenvalue weighted by molar-refractivity contribution is -0.118. The number of likely N-dealkylation sites (N-methyl/N-ethyl adjacent to an activating group) is 1. The minimum atomic E-state index is 0. The summed E-state index contributed by atoms with van der Waals surface area (Å²) in [6.45, 7) is 15.7. The van der Waals surface area contributed by atoms with Gasteiger partial charge >= 0.3 is 0 Å². The molecule has 1 aromatic rings. The fraction of sp³-hybridized carbons (Fsp3) is 0.609. The Morgan fingerprint density at radius 2 is 1.42 bits per heavy atom. The van der Waals surface area contributed by atoms with Gasteiger partial charge in [-0.15, -0.1) is 12.4 Å². The number of Topliss-reactive ketones (excluding diaryl/α,β-unsaturated/α-hetero) is 1. The van der Waals surface area contributed by atoms with Crippen LogP contribution in [0.5, 0.6) is 0 Å². The summed E-state index contributed by atoms with van der Waals surface area (Å²) in [5, 5.41) is 0. The standard InChI is InChI=1S/C23H35NO.ClH/c1-15-10-20(24(8)9)21(25)19(15)13-16-11-17(22(2,3)4)14-18(12-16)23(5,6)7;/h11-15,20H,10H2,1-9H3;1H. The zero-order chi connectivity index (χ0) is 19.2. The molecule has 1 aromatic carbocycles. The van der Waals surface area contributed by atoms with E-state index in [1.807, 2.05) is 19.0 Å². The Labute approximate surface area is 166 Å². The molecule has 0 aliphatic heterocycles. The van der Waals surface area contributed by atoms with Gasteiger partial charge < -0.3 is 0 Å². The van der Waals surface area contributed by atoms with Crippen LogP contribution in [-0.4, -0.2) is 30.8 Å². The first-order valence-electron chi connectivity index (χ1n) is 9.39. The summed E-state index contributed by atoms with van der Waals surface area (Å²) in [5.41, 5.74) is 4.97. The third-order valence-corrected chi connectivity index (χ3v) is 5.33. The molecule has 0 spiro atoms. The van der Waals surface area contributed by atoms with E-state index < -0.39 is 0 Å². The van der Waals surface area contributed by atoms with Gasteiger partial charge in [-0.25, -0.2) is 0 Å². The molecule has 1 fully saturated rings. The molecule has 26 heavy (non-hydrogen) atoms. The maximum atomic E-state index is 12.8. The van der Waals surface area contributed by atoms with Crippen LogP contribution in [0.4, 0.5) is 0 Å². The number of benzene rings is 1. The molecule has 2 rings (SSSR count). The summed E-state index contributed by atoms with van der Waals surface area (Å²) in [5.74, 6) is 0.604. The largest absolute Gasteiger partial charge is 0.299 e. The summed E-state index contributed by atoms with van der Waals surface area (Å²) in [4.78, 5) is 14.9. The van der Waals surface area contributed by atoms with Gasteiger partial charge in [0.25, 0.3) is 0 Å². The monoisotopic (exact) mass is 377 g/mol. The van der Waals surface area contributed by atoms with E-state index in [4.69, 9.17) is 0 Å². The van der Waals surface area contributed by atoms with Gasteiger partial charge in [0.1, 0.15) is 0 Å². The topological polar surface area (TPSA) is 20.3 Å². The first kappa shape index (κ1) is 22.9. The Balaban J connectivity index is 0.00000338. The molecule has 0 aromatic heterocycles. The summed E-state index contributed by atoms with van der Waals surface area (Å²) >= 11 is 0. The number of ketones is 1. The molecule has 0 bridgehead atoms. The quantitative estimate of drug-likeness (QED) is 0.623. The molecular weight excluding hydrogens is 342 g/mol. The normalized spacial score (nSPS) is 22.8. The fourth-order valence-corrected chi connectivity index (χ4v) is 3.44. The molecule has 1 saturated carbocycles. The maximum absolute atomic E-state index is 12.8. The lowest BCUT2D eigenvalue weighted by Gasteiger charge is -2.26. The zero-order valence-electron chi connectivity index (χ0n) is 17.9. The summed E-state index contributed by atoms with van der Waals surface area (Å²) in [6.07, 6.45) is 3.06. The molecule has 2 nitrogen and oxygen atoms in total. The second kappa shape index (κ2) is 7.86. The Hall–Kier alpha value is -1.12. The van der Waals surface area contributed by atoms with Gasteiger partial charge in [-0.2, -0.15) is 0 Å². The van der Waals surface area contributed by atoms with Gasteiger partial charge in [0.05, 0.1) is 6.04 Å². The van der Waals surface area contributed by atoms with Crippen LogP contribution in [0, 0.1) is 5.92 Å². The molecule has 0 N–H and O–H groups in total. The third kappa shape index (κ3) is 4.98. The molecular formula is C23H36ClNO. The van der Waals surface area contributed by atoms with Crippen molar-refractivity contribution in [2.45, 2.75) is 71.8 Å². The van der Waals surface area contributed by atoms with Crippen LogP contribution < -0.4 is 0 Å². The molecule has 3 heteroatoms. The van der Waals surface area contributed by atoms with E-state index in [9.17, 15) is 4.79 Å². The highest BCUT2D eigenvalue weighted by Gasteiger charge is 2.36. The van der Waals surface area contributed by atoms with Crippen molar-refractivity contribution in [3.8, 4) is 0 Å². The number of rotatable bonds is 2. The van der Waals surface area contributed by atoms with E-state index in [2.05, 4.69) is 72.7 Å². The lowest BCUT2D eigenvalue weighted by atomic mass is 9.79. The SMILES string of the molecule is CC1CC(N(C)C)C(=O)C1=Cc1cc(C(C)(C)C)cc(C(C)(C)C)c1.Cl. The van der Waals surface area contributed by atoms with Crippen molar-refractivity contribution in [3.63, 3.8) is 0 Å². The summed E-state index contributed by atoms with van der Waals surface area (Å²) < 4.78 is 0. The number of nitrogens with zero attached hydrogens (tertiary/aromatic N) is 1. The summed E-state index contributed by atoms with van der Waals surface area (Å²) in [6, 6.07) is 6.86. The van der Waals surface area contributed by atoms with Crippen molar-refractivity contribution in [1.82, 2.24) is 4.90 Å². The van der Waals surface area contributed by atoms with Gasteiger partial charge in [0.15, 0.2) is 5.78 Å². The highest BCUT2D eigenvalue weighted by atomic mass is 35.5. The van der Waals surface area contributed by atoms with Crippen LogP contribution in [0.25, 0.3) is 6.08 Å². The van der Waals surface area contributed by atoms with E-state index >= 15 is 0 Å². The van der Waals surface area contributed by atoms with Crippen LogP contribution in [-0.2, 0) is 15.6 Å². The third-order valence-electron chi connectivity index (χ3n) is 5.33. The van der Waals surface area contributed by atoms with Crippen molar-refractivity contribution >= 4 is 24.3 Å². The molecule has 2 unspecified atom stereocenters. The Kier molecular flexibility index (Phi) is 6.93. The minimum Gasteiger partial charge on any atom is -0.299 e. The first-order chi connectivity index (χ1) is 11.3. The van der Waals surface area contributed by atoms with Crippen molar-refractivity contribution in [1.29, 1.82) is 0 Å². The lowest BCUT2D eigenvalue weighted by Crippen LogP contribution is -2.31. The minimum absolute atomic E-state index is 0. The van der Waals surface area contributed by atoms with Gasteiger partial charge in [0.2, 0.25) is 0 Å². The molecule has 2 atom stereocenters. The number of halogens is 1. The van der Waals surface area contributed by atoms with Gasteiger partial charge in [-0.1, -0.05) is 66.7 Å². The highest BCUT2D eigenvalue weighted by Crippen LogP contribution is 2.34. The van der Waals surface area contributed by atoms with E-state index in [0.29, 0.717) is 5.92 Å². The van der Waals surface area contributed by atoms with Gasteiger partial charge in [-0.3, -0.25) is 9.69 Å². The molecule has 146 valence electrons. The molecule has 1 aliphatic carbocycles. The molecule has 0 amide bonds. The predicted octanol–water partition coefficient (Wildman–Crippen LogP) is 5.63. The average molecular weight is 378 g/mol. The maximum Gasteiger partial charge on any atom is 0.176 e. The number of carbonyl (C=O) groups excluding carboxylic acids is 1. The van der Waals surface area contributed by atoms with E-state index in [1.165, 1.54) is 11.1 Å². The second-order valence-electron chi connectivity index (χ2n) is 9.92. The van der Waals surface area contributed by atoms with Crippen LogP contribution in [0.1, 0.15) is 71.6 Å². The molecule has 0 saturated heterocycles. The summed E-state index contributed by atoms with van der Waals surface area (Å²) in [7, 11) is 3.99. The van der Waals surface area contributed by atoms with E-state index in [1.54, 1.807) is 0 Å². The molecule has 0 heterocycles. The van der Waals surface area contributed by atoms with Crippen LogP contribution in [0.3, 0.4) is 0 Å². The molecule has 1 aliphatic rings. The van der Waals surface area contributed by atoms with E-state index in [-0.39, 0.29) is 35.1 Å². The second-order valence-corrected chi connectivity index (χ2v) is 9.92. The number of carbonyl (C=O) groups is 1. The van der Waals surface area contributed by atoms with Crippen molar-refractivity contribution < 1.29 is 4.79 Å².